The van der Waals surface area contributed by atoms with E-state index in [9.17, 15) is 0 Å². The molecular formula is C14H18N2OS. The first-order valence-corrected chi connectivity index (χ1v) is 6.84. The van der Waals surface area contributed by atoms with E-state index in [1.165, 1.54) is 25.7 Å². The molecule has 3 nitrogen and oxygen atoms in total. The summed E-state index contributed by atoms with van der Waals surface area (Å²) in [5, 5.41) is 0. The van der Waals surface area contributed by atoms with E-state index in [1.54, 1.807) is 7.11 Å². The molecule has 1 aromatic carbocycles. The first-order chi connectivity index (χ1) is 8.64. The summed E-state index contributed by atoms with van der Waals surface area (Å²) in [6.07, 6.45) is 4.97. The molecule has 2 aromatic rings. The maximum atomic E-state index is 5.51. The predicted molar refractivity (Wildman–Crippen MR) is 75.8 cm³/mol. The molecule has 1 aromatic heterocycles. The monoisotopic (exact) mass is 262 g/mol. The summed E-state index contributed by atoms with van der Waals surface area (Å²) in [5.41, 5.74) is 2.40. The Kier molecular flexibility index (Phi) is 2.70. The van der Waals surface area contributed by atoms with Crippen molar-refractivity contribution < 1.29 is 4.74 Å². The van der Waals surface area contributed by atoms with Crippen molar-refractivity contribution in [3.63, 3.8) is 0 Å². The predicted octanol–water partition coefficient (Wildman–Crippen LogP) is 4.00. The minimum atomic E-state index is 0.154. The van der Waals surface area contributed by atoms with Gasteiger partial charge in [0.15, 0.2) is 4.77 Å². The van der Waals surface area contributed by atoms with Crippen LogP contribution in [0.5, 0.6) is 5.75 Å². The molecule has 1 N–H and O–H groups in total. The number of fused-ring (bicyclic) bond motifs is 1. The van der Waals surface area contributed by atoms with Crippen LogP contribution in [0.1, 0.15) is 32.6 Å². The van der Waals surface area contributed by atoms with Crippen LogP contribution in [0.2, 0.25) is 0 Å². The van der Waals surface area contributed by atoms with E-state index in [1.807, 2.05) is 12.1 Å². The summed E-state index contributed by atoms with van der Waals surface area (Å²) >= 11 is 5.51. The second-order valence-electron chi connectivity index (χ2n) is 5.35. The quantitative estimate of drug-likeness (QED) is 0.829. The lowest BCUT2D eigenvalue weighted by Gasteiger charge is -2.26. The van der Waals surface area contributed by atoms with Crippen molar-refractivity contribution in [1.29, 1.82) is 0 Å². The third kappa shape index (κ3) is 1.67. The van der Waals surface area contributed by atoms with Gasteiger partial charge in [0.05, 0.1) is 18.1 Å². The Morgan fingerprint density at radius 2 is 2.06 bits per heavy atom. The molecule has 1 aliphatic carbocycles. The molecule has 96 valence electrons. The fourth-order valence-electron chi connectivity index (χ4n) is 3.11. The van der Waals surface area contributed by atoms with Gasteiger partial charge in [0.25, 0.3) is 0 Å². The third-order valence-corrected chi connectivity index (χ3v) is 4.40. The van der Waals surface area contributed by atoms with Gasteiger partial charge in [-0.15, -0.1) is 0 Å². The van der Waals surface area contributed by atoms with E-state index in [4.69, 9.17) is 17.0 Å². The Balaban J connectivity index is 2.27. The lowest BCUT2D eigenvalue weighted by molar-refractivity contribution is 0.334. The number of benzene rings is 1. The number of aromatic amines is 1. The second kappa shape index (κ2) is 4.12. The average molecular weight is 262 g/mol. The van der Waals surface area contributed by atoms with Crippen molar-refractivity contribution in [1.82, 2.24) is 9.55 Å². The SMILES string of the molecule is COc1ccc2[nH]c(=S)n(C3(C)CCCC3)c2c1. The van der Waals surface area contributed by atoms with Crippen molar-refractivity contribution in [2.75, 3.05) is 7.11 Å². The van der Waals surface area contributed by atoms with Crippen LogP contribution in [-0.2, 0) is 5.54 Å². The van der Waals surface area contributed by atoms with E-state index < -0.39 is 0 Å². The molecule has 3 rings (SSSR count). The lowest BCUT2D eigenvalue weighted by atomic mass is 10.00. The van der Waals surface area contributed by atoms with Crippen molar-refractivity contribution in [2.24, 2.45) is 0 Å². The molecule has 18 heavy (non-hydrogen) atoms. The van der Waals surface area contributed by atoms with Gasteiger partial charge in [0.2, 0.25) is 0 Å². The fraction of sp³-hybridized carbons (Fsp3) is 0.500. The highest BCUT2D eigenvalue weighted by Gasteiger charge is 2.32. The van der Waals surface area contributed by atoms with E-state index in [0.29, 0.717) is 0 Å². The van der Waals surface area contributed by atoms with Crippen LogP contribution in [0.4, 0.5) is 0 Å². The molecular weight excluding hydrogens is 244 g/mol. The first-order valence-electron chi connectivity index (χ1n) is 6.43. The van der Waals surface area contributed by atoms with Gasteiger partial charge in [-0.2, -0.15) is 0 Å². The van der Waals surface area contributed by atoms with Gasteiger partial charge in [0.1, 0.15) is 5.75 Å². The van der Waals surface area contributed by atoms with Crippen molar-refractivity contribution >= 4 is 23.3 Å². The molecule has 0 bridgehead atoms. The zero-order valence-corrected chi connectivity index (χ0v) is 11.6. The topological polar surface area (TPSA) is 29.9 Å². The number of aromatic nitrogens is 2. The minimum absolute atomic E-state index is 0.154. The molecule has 1 saturated carbocycles. The molecule has 0 saturated heterocycles. The smallest absolute Gasteiger partial charge is 0.178 e. The molecule has 0 unspecified atom stereocenters. The van der Waals surface area contributed by atoms with Crippen LogP contribution in [0.25, 0.3) is 11.0 Å². The van der Waals surface area contributed by atoms with Gasteiger partial charge in [-0.3, -0.25) is 0 Å². The van der Waals surface area contributed by atoms with Crippen LogP contribution in [0.3, 0.4) is 0 Å². The van der Waals surface area contributed by atoms with Crippen LogP contribution < -0.4 is 4.74 Å². The molecule has 0 amide bonds. The van der Waals surface area contributed by atoms with E-state index in [0.717, 1.165) is 21.6 Å². The summed E-state index contributed by atoms with van der Waals surface area (Å²) < 4.78 is 8.43. The Morgan fingerprint density at radius 1 is 1.33 bits per heavy atom. The molecule has 1 aliphatic rings. The van der Waals surface area contributed by atoms with Gasteiger partial charge in [-0.25, -0.2) is 0 Å². The fourth-order valence-corrected chi connectivity index (χ4v) is 3.53. The normalized spacial score (nSPS) is 18.3. The van der Waals surface area contributed by atoms with Crippen LogP contribution in [0.15, 0.2) is 18.2 Å². The zero-order chi connectivity index (χ0) is 12.8. The Hall–Kier alpha value is -1.29. The number of rotatable bonds is 2. The summed E-state index contributed by atoms with van der Waals surface area (Å²) in [4.78, 5) is 3.30. The summed E-state index contributed by atoms with van der Waals surface area (Å²) in [5.74, 6) is 0.881. The van der Waals surface area contributed by atoms with Gasteiger partial charge < -0.3 is 14.3 Å². The number of nitrogens with zero attached hydrogens (tertiary/aromatic N) is 1. The lowest BCUT2D eigenvalue weighted by Crippen LogP contribution is -2.26. The molecule has 0 atom stereocenters. The number of imidazole rings is 1. The average Bonchev–Trinajstić information content (AvgIpc) is 2.91. The Morgan fingerprint density at radius 3 is 2.72 bits per heavy atom. The van der Waals surface area contributed by atoms with Gasteiger partial charge in [-0.1, -0.05) is 12.8 Å². The van der Waals surface area contributed by atoms with Gasteiger partial charge in [0, 0.05) is 11.6 Å². The molecule has 1 fully saturated rings. The van der Waals surface area contributed by atoms with E-state index in [2.05, 4.69) is 22.5 Å². The standard InChI is InChI=1S/C14H18N2OS/c1-14(7-3-4-8-14)16-12-9-10(17-2)5-6-11(12)15-13(16)18/h5-6,9H,3-4,7-8H2,1-2H3,(H,15,18). The largest absolute Gasteiger partial charge is 0.497 e. The Bertz CT molecular complexity index is 635. The minimum Gasteiger partial charge on any atom is -0.497 e. The molecule has 0 spiro atoms. The van der Waals surface area contributed by atoms with Gasteiger partial charge in [-0.05, 0) is 44.1 Å². The first kappa shape index (κ1) is 11.8. The molecule has 0 aliphatic heterocycles. The highest BCUT2D eigenvalue weighted by molar-refractivity contribution is 7.71. The van der Waals surface area contributed by atoms with Crippen LogP contribution >= 0.6 is 12.2 Å². The second-order valence-corrected chi connectivity index (χ2v) is 5.74. The number of methoxy groups -OCH3 is 1. The summed E-state index contributed by atoms with van der Waals surface area (Å²) in [7, 11) is 1.70. The highest BCUT2D eigenvalue weighted by Crippen LogP contribution is 2.39. The number of nitrogens with one attached hydrogen (secondary N) is 1. The maximum absolute atomic E-state index is 5.51. The third-order valence-electron chi connectivity index (χ3n) is 4.11. The number of hydrogen-bond donors (Lipinski definition) is 1. The number of hydrogen-bond acceptors (Lipinski definition) is 2. The van der Waals surface area contributed by atoms with Crippen molar-refractivity contribution in [3.05, 3.63) is 23.0 Å². The molecule has 0 radical (unpaired) electrons. The number of H-pyrrole nitrogens is 1. The molecule has 1 heterocycles. The summed E-state index contributed by atoms with van der Waals surface area (Å²) in [6, 6.07) is 6.08. The summed E-state index contributed by atoms with van der Waals surface area (Å²) in [6.45, 7) is 2.31. The van der Waals surface area contributed by atoms with Crippen LogP contribution in [-0.4, -0.2) is 16.7 Å². The van der Waals surface area contributed by atoms with Crippen molar-refractivity contribution in [2.45, 2.75) is 38.1 Å². The van der Waals surface area contributed by atoms with Crippen molar-refractivity contribution in [3.8, 4) is 5.75 Å². The number of ether oxygens (including phenoxy) is 1. The van der Waals surface area contributed by atoms with Crippen LogP contribution in [0, 0.1) is 4.77 Å². The molecule has 4 heteroatoms. The van der Waals surface area contributed by atoms with E-state index >= 15 is 0 Å². The zero-order valence-electron chi connectivity index (χ0n) is 10.8. The highest BCUT2D eigenvalue weighted by atomic mass is 32.1. The Labute approximate surface area is 112 Å². The van der Waals surface area contributed by atoms with E-state index in [-0.39, 0.29) is 5.54 Å². The maximum Gasteiger partial charge on any atom is 0.178 e. The van der Waals surface area contributed by atoms with Gasteiger partial charge >= 0.3 is 0 Å².